The predicted molar refractivity (Wildman–Crippen MR) is 104 cm³/mol. The van der Waals surface area contributed by atoms with Crippen LogP contribution in [0.15, 0.2) is 41.3 Å². The van der Waals surface area contributed by atoms with E-state index in [4.69, 9.17) is 4.74 Å². The minimum Gasteiger partial charge on any atom is -0.507 e. The minimum absolute atomic E-state index is 0.0960. The molecule has 0 radical (unpaired) electrons. The summed E-state index contributed by atoms with van der Waals surface area (Å²) in [6.45, 7) is 4.43. The molecule has 1 fully saturated rings. The van der Waals surface area contributed by atoms with Crippen molar-refractivity contribution in [2.24, 2.45) is 0 Å². The Labute approximate surface area is 161 Å². The van der Waals surface area contributed by atoms with Gasteiger partial charge in [-0.3, -0.25) is 9.59 Å². The molecule has 2 aromatic rings. The van der Waals surface area contributed by atoms with Gasteiger partial charge in [0.05, 0.1) is 11.6 Å². The summed E-state index contributed by atoms with van der Waals surface area (Å²) in [5.74, 6) is -0.479. The Morgan fingerprint density at radius 1 is 1.33 bits per heavy atom. The fourth-order valence-corrected chi connectivity index (χ4v) is 4.66. The van der Waals surface area contributed by atoms with Crippen LogP contribution in [0.2, 0.25) is 0 Å². The highest BCUT2D eigenvalue weighted by atomic mass is 32.1. The first-order valence-corrected chi connectivity index (χ1v) is 10.0. The van der Waals surface area contributed by atoms with E-state index in [-0.39, 0.29) is 17.4 Å². The summed E-state index contributed by atoms with van der Waals surface area (Å²) in [4.78, 5) is 27.8. The molecule has 4 rings (SSSR count). The predicted octanol–water partition coefficient (Wildman–Crippen LogP) is 3.90. The lowest BCUT2D eigenvalue weighted by Gasteiger charge is -2.23. The molecule has 0 saturated carbocycles. The molecule has 1 aromatic heterocycles. The molecule has 2 aliphatic rings. The molecule has 1 aromatic carbocycles. The van der Waals surface area contributed by atoms with Crippen molar-refractivity contribution in [1.82, 2.24) is 4.90 Å². The molecular weight excluding hydrogens is 362 g/mol. The molecule has 1 amide bonds. The van der Waals surface area contributed by atoms with Gasteiger partial charge in [-0.15, -0.1) is 11.3 Å². The van der Waals surface area contributed by atoms with Crippen LogP contribution in [0.1, 0.15) is 42.3 Å². The van der Waals surface area contributed by atoms with Crippen molar-refractivity contribution in [3.8, 4) is 5.75 Å². The third kappa shape index (κ3) is 2.94. The zero-order chi connectivity index (χ0) is 19.1. The van der Waals surface area contributed by atoms with Gasteiger partial charge in [0, 0.05) is 23.4 Å². The van der Waals surface area contributed by atoms with E-state index in [1.807, 2.05) is 43.5 Å². The minimum atomic E-state index is -0.621. The molecule has 2 atom stereocenters. The zero-order valence-electron chi connectivity index (χ0n) is 15.3. The molecule has 2 unspecified atom stereocenters. The standard InChI is InChI=1S/C21H21NO4S/c1-3-8-22-18(16-5-4-9-27-16)17(20(24)21(22)25)19(23)13-6-7-15-14(11-13)10-12(2)26-15/h4-7,9,11-12,18,23H,3,8,10H2,1-2H3/b19-17-. The number of ether oxygens (including phenoxy) is 1. The van der Waals surface area contributed by atoms with Gasteiger partial charge in [0.1, 0.15) is 17.6 Å². The molecule has 1 saturated heterocycles. The molecule has 6 heteroatoms. The number of hydrogen-bond acceptors (Lipinski definition) is 5. The fraction of sp³-hybridized carbons (Fsp3) is 0.333. The number of nitrogens with zero attached hydrogens (tertiary/aromatic N) is 1. The van der Waals surface area contributed by atoms with Gasteiger partial charge in [0.15, 0.2) is 0 Å². The van der Waals surface area contributed by atoms with Crippen LogP contribution < -0.4 is 4.74 Å². The number of ketones is 1. The Morgan fingerprint density at radius 2 is 2.15 bits per heavy atom. The second-order valence-corrected chi connectivity index (χ2v) is 7.94. The highest BCUT2D eigenvalue weighted by molar-refractivity contribution is 7.10. The normalized spacial score (nSPS) is 23.6. The van der Waals surface area contributed by atoms with Crippen molar-refractivity contribution in [3.63, 3.8) is 0 Å². The second-order valence-electron chi connectivity index (χ2n) is 6.96. The molecular formula is C21H21NO4S. The van der Waals surface area contributed by atoms with Gasteiger partial charge in [-0.25, -0.2) is 0 Å². The number of thiophene rings is 1. The lowest BCUT2D eigenvalue weighted by molar-refractivity contribution is -0.139. The molecule has 2 aliphatic heterocycles. The summed E-state index contributed by atoms with van der Waals surface area (Å²) in [7, 11) is 0. The van der Waals surface area contributed by atoms with Gasteiger partial charge in [-0.1, -0.05) is 13.0 Å². The Balaban J connectivity index is 1.83. The van der Waals surface area contributed by atoms with Gasteiger partial charge in [-0.2, -0.15) is 0 Å². The van der Waals surface area contributed by atoms with E-state index < -0.39 is 17.7 Å². The number of fused-ring (bicyclic) bond motifs is 1. The fourth-order valence-electron chi connectivity index (χ4n) is 3.82. The third-order valence-corrected chi connectivity index (χ3v) is 5.91. The van der Waals surface area contributed by atoms with Crippen LogP contribution in [0, 0.1) is 0 Å². The SMILES string of the molecule is CCCN1C(=O)C(=O)/C(=C(\O)c2ccc3c(c2)CC(C)O3)C1c1cccs1. The highest BCUT2D eigenvalue weighted by Crippen LogP contribution is 2.41. The van der Waals surface area contributed by atoms with E-state index in [1.165, 1.54) is 11.3 Å². The zero-order valence-corrected chi connectivity index (χ0v) is 16.1. The van der Waals surface area contributed by atoms with Crippen LogP contribution in [0.5, 0.6) is 5.75 Å². The van der Waals surface area contributed by atoms with E-state index in [2.05, 4.69) is 0 Å². The summed E-state index contributed by atoms with van der Waals surface area (Å²) in [6, 6.07) is 8.66. The van der Waals surface area contributed by atoms with Crippen molar-refractivity contribution in [3.05, 3.63) is 57.3 Å². The van der Waals surface area contributed by atoms with E-state index in [9.17, 15) is 14.7 Å². The van der Waals surface area contributed by atoms with Gasteiger partial charge >= 0.3 is 0 Å². The van der Waals surface area contributed by atoms with Crippen LogP contribution in [0.4, 0.5) is 0 Å². The molecule has 0 bridgehead atoms. The lowest BCUT2D eigenvalue weighted by Crippen LogP contribution is -2.30. The molecule has 0 aliphatic carbocycles. The summed E-state index contributed by atoms with van der Waals surface area (Å²) in [6.07, 6.45) is 1.59. The van der Waals surface area contributed by atoms with Gasteiger partial charge in [0.25, 0.3) is 11.7 Å². The number of likely N-dealkylation sites (tertiary alicyclic amines) is 1. The van der Waals surface area contributed by atoms with Crippen LogP contribution >= 0.6 is 11.3 Å². The number of hydrogen-bond donors (Lipinski definition) is 1. The maximum absolute atomic E-state index is 12.8. The van der Waals surface area contributed by atoms with Gasteiger partial charge in [-0.05, 0) is 48.6 Å². The van der Waals surface area contributed by atoms with Crippen molar-refractivity contribution in [2.75, 3.05) is 6.54 Å². The van der Waals surface area contributed by atoms with Crippen LogP contribution in [-0.2, 0) is 16.0 Å². The average molecular weight is 383 g/mol. The second kappa shape index (κ2) is 6.85. The molecule has 0 spiro atoms. The smallest absolute Gasteiger partial charge is 0.295 e. The number of aliphatic hydroxyl groups excluding tert-OH is 1. The van der Waals surface area contributed by atoms with Crippen molar-refractivity contribution in [1.29, 1.82) is 0 Å². The topological polar surface area (TPSA) is 66.8 Å². The Kier molecular flexibility index (Phi) is 4.52. The van der Waals surface area contributed by atoms with Crippen LogP contribution in [0.25, 0.3) is 5.76 Å². The molecule has 1 N–H and O–H groups in total. The first kappa shape index (κ1) is 17.8. The number of carbonyl (C=O) groups is 2. The first-order chi connectivity index (χ1) is 13.0. The largest absolute Gasteiger partial charge is 0.507 e. The summed E-state index contributed by atoms with van der Waals surface area (Å²) >= 11 is 1.48. The van der Waals surface area contributed by atoms with Crippen LogP contribution in [-0.4, -0.2) is 34.3 Å². The van der Waals surface area contributed by atoms with E-state index in [0.29, 0.717) is 12.1 Å². The number of aliphatic hydroxyl groups is 1. The van der Waals surface area contributed by atoms with Crippen molar-refractivity contribution >= 4 is 28.8 Å². The summed E-state index contributed by atoms with van der Waals surface area (Å²) < 4.78 is 5.71. The highest BCUT2D eigenvalue weighted by Gasteiger charge is 2.46. The van der Waals surface area contributed by atoms with Gasteiger partial charge in [0.2, 0.25) is 0 Å². The van der Waals surface area contributed by atoms with E-state index in [0.717, 1.165) is 29.0 Å². The van der Waals surface area contributed by atoms with E-state index in [1.54, 1.807) is 11.0 Å². The average Bonchev–Trinajstić information content (AvgIpc) is 3.35. The molecule has 3 heterocycles. The maximum Gasteiger partial charge on any atom is 0.295 e. The molecule has 5 nitrogen and oxygen atoms in total. The van der Waals surface area contributed by atoms with Crippen molar-refractivity contribution in [2.45, 2.75) is 38.8 Å². The maximum atomic E-state index is 12.8. The van der Waals surface area contributed by atoms with E-state index >= 15 is 0 Å². The Bertz CT molecular complexity index is 932. The number of Topliss-reactive ketones (excluding diaryl/α,β-unsaturated/α-hetero) is 1. The summed E-state index contributed by atoms with van der Waals surface area (Å²) in [5, 5.41) is 12.9. The first-order valence-electron chi connectivity index (χ1n) is 9.13. The monoisotopic (exact) mass is 383 g/mol. The number of rotatable bonds is 4. The van der Waals surface area contributed by atoms with Gasteiger partial charge < -0.3 is 14.7 Å². The molecule has 27 heavy (non-hydrogen) atoms. The van der Waals surface area contributed by atoms with Crippen molar-refractivity contribution < 1.29 is 19.4 Å². The third-order valence-electron chi connectivity index (χ3n) is 4.99. The number of benzene rings is 1. The summed E-state index contributed by atoms with van der Waals surface area (Å²) in [5.41, 5.74) is 1.72. The Morgan fingerprint density at radius 3 is 2.85 bits per heavy atom. The Hall–Kier alpha value is -2.60. The number of carbonyl (C=O) groups excluding carboxylic acids is 2. The lowest BCUT2D eigenvalue weighted by atomic mass is 9.98. The quantitative estimate of drug-likeness (QED) is 0.494. The number of amides is 1. The molecule has 140 valence electrons. The van der Waals surface area contributed by atoms with Crippen LogP contribution in [0.3, 0.4) is 0 Å².